The molecule has 0 aliphatic heterocycles. The Kier molecular flexibility index (Phi) is 6.86. The van der Waals surface area contributed by atoms with Crippen LogP contribution >= 0.6 is 0 Å². The maximum Gasteiger partial charge on any atom is 0.339 e. The number of carbonyl (C=O) groups is 3. The summed E-state index contributed by atoms with van der Waals surface area (Å²) in [5, 5.41) is 13.9. The molecule has 0 bridgehead atoms. The van der Waals surface area contributed by atoms with E-state index in [9.17, 15) is 24.5 Å². The van der Waals surface area contributed by atoms with Crippen molar-refractivity contribution in [1.82, 2.24) is 5.32 Å². The zero-order chi connectivity index (χ0) is 20.0. The average Bonchev–Trinajstić information content (AvgIpc) is 2.67. The maximum atomic E-state index is 12.3. The van der Waals surface area contributed by atoms with Gasteiger partial charge in [0.1, 0.15) is 0 Å². The number of rotatable bonds is 6. The molecule has 9 nitrogen and oxygen atoms in total. The number of benzene rings is 1. The average molecular weight is 378 g/mol. The predicted octanol–water partition coefficient (Wildman–Crippen LogP) is 2.38. The molecule has 1 aliphatic carbocycles. The van der Waals surface area contributed by atoms with Crippen LogP contribution in [-0.2, 0) is 14.3 Å². The van der Waals surface area contributed by atoms with Gasteiger partial charge in [0, 0.05) is 18.2 Å². The Bertz CT molecular complexity index is 741. The SMILES string of the molecule is COC(=O)c1cc(C(=O)O[C@H](C)C(=O)NC2CCCCC2)cc([N+](=O)[O-])c1. The summed E-state index contributed by atoms with van der Waals surface area (Å²) in [7, 11) is 1.12. The minimum atomic E-state index is -1.07. The fourth-order valence-electron chi connectivity index (χ4n) is 2.92. The van der Waals surface area contributed by atoms with Crippen LogP contribution in [0, 0.1) is 10.1 Å². The molecule has 9 heteroatoms. The van der Waals surface area contributed by atoms with Gasteiger partial charge in [0.2, 0.25) is 0 Å². The number of nitro groups is 1. The summed E-state index contributed by atoms with van der Waals surface area (Å²) in [6.45, 7) is 1.43. The van der Waals surface area contributed by atoms with E-state index in [1.54, 1.807) is 0 Å². The zero-order valence-corrected chi connectivity index (χ0v) is 15.2. The molecular weight excluding hydrogens is 356 g/mol. The Morgan fingerprint density at radius 1 is 1.11 bits per heavy atom. The molecule has 1 amide bonds. The number of non-ortho nitro benzene ring substituents is 1. The minimum Gasteiger partial charge on any atom is -0.465 e. The number of hydrogen-bond donors (Lipinski definition) is 1. The number of methoxy groups -OCH3 is 1. The van der Waals surface area contributed by atoms with Crippen LogP contribution in [0.1, 0.15) is 59.7 Å². The van der Waals surface area contributed by atoms with Gasteiger partial charge >= 0.3 is 11.9 Å². The molecule has 0 unspecified atom stereocenters. The fourth-order valence-corrected chi connectivity index (χ4v) is 2.92. The van der Waals surface area contributed by atoms with Crippen molar-refractivity contribution in [2.75, 3.05) is 7.11 Å². The Morgan fingerprint density at radius 3 is 2.26 bits per heavy atom. The van der Waals surface area contributed by atoms with Gasteiger partial charge in [-0.05, 0) is 25.8 Å². The lowest BCUT2D eigenvalue weighted by molar-refractivity contribution is -0.384. The standard InChI is InChI=1S/C18H22N2O7/c1-11(16(21)19-14-6-4-3-5-7-14)27-18(23)13-8-12(17(22)26-2)9-15(10-13)20(24)25/h8-11,14H,3-7H2,1-2H3,(H,19,21)/t11-/m1/s1. The lowest BCUT2D eigenvalue weighted by atomic mass is 9.95. The quantitative estimate of drug-likeness (QED) is 0.457. The van der Waals surface area contributed by atoms with Crippen LogP contribution < -0.4 is 5.32 Å². The third kappa shape index (κ3) is 5.50. The summed E-state index contributed by atoms with van der Waals surface area (Å²) < 4.78 is 9.65. The van der Waals surface area contributed by atoms with Gasteiger partial charge in [-0.2, -0.15) is 0 Å². The van der Waals surface area contributed by atoms with Crippen LogP contribution in [0.15, 0.2) is 18.2 Å². The summed E-state index contributed by atoms with van der Waals surface area (Å²) in [5.74, 6) is -2.18. The monoisotopic (exact) mass is 378 g/mol. The number of nitrogens with one attached hydrogen (secondary N) is 1. The van der Waals surface area contributed by atoms with Crippen molar-refractivity contribution < 1.29 is 28.8 Å². The molecule has 0 spiro atoms. The molecule has 1 fully saturated rings. The van der Waals surface area contributed by atoms with Crippen LogP contribution in [0.5, 0.6) is 0 Å². The molecule has 1 aliphatic rings. The van der Waals surface area contributed by atoms with Gasteiger partial charge in [0.15, 0.2) is 6.10 Å². The van der Waals surface area contributed by atoms with Gasteiger partial charge in [0.25, 0.3) is 11.6 Å². The number of hydrogen-bond acceptors (Lipinski definition) is 7. The number of carbonyl (C=O) groups excluding carboxylic acids is 3. The van der Waals surface area contributed by atoms with E-state index < -0.39 is 34.6 Å². The highest BCUT2D eigenvalue weighted by Crippen LogP contribution is 2.20. The van der Waals surface area contributed by atoms with Crippen LogP contribution in [0.25, 0.3) is 0 Å². The largest absolute Gasteiger partial charge is 0.465 e. The van der Waals surface area contributed by atoms with E-state index in [1.165, 1.54) is 6.92 Å². The van der Waals surface area contributed by atoms with Crippen molar-refractivity contribution in [1.29, 1.82) is 0 Å². The third-order valence-corrected chi connectivity index (χ3v) is 4.39. The van der Waals surface area contributed by atoms with E-state index in [-0.39, 0.29) is 17.2 Å². The fraction of sp³-hybridized carbons (Fsp3) is 0.500. The Hall–Kier alpha value is -2.97. The second kappa shape index (κ2) is 9.11. The Morgan fingerprint density at radius 2 is 1.70 bits per heavy atom. The van der Waals surface area contributed by atoms with Crippen LogP contribution in [-0.4, -0.2) is 42.0 Å². The van der Waals surface area contributed by atoms with E-state index in [1.807, 2.05) is 0 Å². The van der Waals surface area contributed by atoms with Crippen LogP contribution in [0.4, 0.5) is 5.69 Å². The van der Waals surface area contributed by atoms with Gasteiger partial charge in [-0.3, -0.25) is 14.9 Å². The smallest absolute Gasteiger partial charge is 0.339 e. The highest BCUT2D eigenvalue weighted by molar-refractivity contribution is 5.97. The molecule has 27 heavy (non-hydrogen) atoms. The number of amides is 1. The van der Waals surface area contributed by atoms with Gasteiger partial charge < -0.3 is 14.8 Å². The molecule has 1 aromatic rings. The van der Waals surface area contributed by atoms with Crippen molar-refractivity contribution in [3.05, 3.63) is 39.4 Å². The van der Waals surface area contributed by atoms with Crippen LogP contribution in [0.3, 0.4) is 0 Å². The van der Waals surface area contributed by atoms with Gasteiger partial charge in [-0.1, -0.05) is 19.3 Å². The van der Waals surface area contributed by atoms with Crippen molar-refractivity contribution in [2.45, 2.75) is 51.2 Å². The summed E-state index contributed by atoms with van der Waals surface area (Å²) in [5.41, 5.74) is -0.816. The molecule has 2 rings (SSSR count). The second-order valence-corrected chi connectivity index (χ2v) is 6.41. The lowest BCUT2D eigenvalue weighted by Gasteiger charge is -2.24. The number of ether oxygens (including phenoxy) is 2. The summed E-state index contributed by atoms with van der Waals surface area (Å²) in [6.07, 6.45) is 3.94. The maximum absolute atomic E-state index is 12.3. The van der Waals surface area contributed by atoms with Crippen molar-refractivity contribution in [2.24, 2.45) is 0 Å². The summed E-state index contributed by atoms with van der Waals surface area (Å²) in [6, 6.07) is 3.19. The van der Waals surface area contributed by atoms with Gasteiger partial charge in [0.05, 0.1) is 23.2 Å². The molecule has 0 heterocycles. The molecule has 1 saturated carbocycles. The summed E-state index contributed by atoms with van der Waals surface area (Å²) >= 11 is 0. The molecule has 0 aromatic heterocycles. The molecule has 0 saturated heterocycles. The van der Waals surface area contributed by atoms with Gasteiger partial charge in [-0.25, -0.2) is 9.59 Å². The Labute approximate surface area is 156 Å². The molecular formula is C18H22N2O7. The zero-order valence-electron chi connectivity index (χ0n) is 15.2. The number of nitro benzene ring substituents is 1. The van der Waals surface area contributed by atoms with E-state index in [4.69, 9.17) is 4.74 Å². The van der Waals surface area contributed by atoms with E-state index in [0.717, 1.165) is 57.4 Å². The first-order chi connectivity index (χ1) is 12.8. The second-order valence-electron chi connectivity index (χ2n) is 6.41. The third-order valence-electron chi connectivity index (χ3n) is 4.39. The topological polar surface area (TPSA) is 125 Å². The first-order valence-corrected chi connectivity index (χ1v) is 8.71. The van der Waals surface area contributed by atoms with E-state index in [2.05, 4.69) is 10.1 Å². The van der Waals surface area contributed by atoms with Gasteiger partial charge in [-0.15, -0.1) is 0 Å². The molecule has 1 aromatic carbocycles. The minimum absolute atomic E-state index is 0.0659. The highest BCUT2D eigenvalue weighted by atomic mass is 16.6. The predicted molar refractivity (Wildman–Crippen MR) is 94.3 cm³/mol. The van der Waals surface area contributed by atoms with E-state index in [0.29, 0.717) is 0 Å². The molecule has 1 N–H and O–H groups in total. The lowest BCUT2D eigenvalue weighted by Crippen LogP contribution is -2.42. The number of esters is 2. The van der Waals surface area contributed by atoms with Crippen molar-refractivity contribution >= 4 is 23.5 Å². The normalized spacial score (nSPS) is 15.5. The highest BCUT2D eigenvalue weighted by Gasteiger charge is 2.25. The number of nitrogens with zero attached hydrogens (tertiary/aromatic N) is 1. The van der Waals surface area contributed by atoms with Crippen molar-refractivity contribution in [3.8, 4) is 0 Å². The molecule has 146 valence electrons. The summed E-state index contributed by atoms with van der Waals surface area (Å²) in [4.78, 5) is 46.5. The van der Waals surface area contributed by atoms with Crippen molar-refractivity contribution in [3.63, 3.8) is 0 Å². The Balaban J connectivity index is 2.09. The first kappa shape index (κ1) is 20.3. The van der Waals surface area contributed by atoms with E-state index >= 15 is 0 Å². The van der Waals surface area contributed by atoms with Crippen LogP contribution in [0.2, 0.25) is 0 Å². The first-order valence-electron chi connectivity index (χ1n) is 8.71. The molecule has 1 atom stereocenters. The molecule has 0 radical (unpaired) electrons.